The van der Waals surface area contributed by atoms with Gasteiger partial charge in [-0.05, 0) is 34.2 Å². The number of hydrogen-bond donors (Lipinski definition) is 0. The number of carbonyl (C=O) groups excluding carboxylic acids is 1. The van der Waals surface area contributed by atoms with Gasteiger partial charge in [0.25, 0.3) is 0 Å². The van der Waals surface area contributed by atoms with Gasteiger partial charge in [-0.3, -0.25) is 9.69 Å². The number of methoxy groups -OCH3 is 1. The van der Waals surface area contributed by atoms with Crippen LogP contribution in [-0.4, -0.2) is 31.1 Å². The van der Waals surface area contributed by atoms with Crippen molar-refractivity contribution < 1.29 is 9.53 Å². The molecule has 3 nitrogen and oxygen atoms in total. The molecule has 1 aliphatic heterocycles. The molecule has 3 unspecified atom stereocenters. The summed E-state index contributed by atoms with van der Waals surface area (Å²) in [5.74, 6) is 0.200. The molecule has 3 aromatic carbocycles. The first-order valence-corrected chi connectivity index (χ1v) is 11.4. The first-order valence-electron chi connectivity index (χ1n) is 11.4. The Morgan fingerprint density at radius 2 is 1.50 bits per heavy atom. The molecular weight excluding hydrogens is 394 g/mol. The van der Waals surface area contributed by atoms with E-state index >= 15 is 0 Å². The molecule has 5 rings (SSSR count). The SMILES string of the molecule is COC(=O)C1C(c2ccccc2)C1c1ccc(C2=CCN(Cc3ccccc3)CC2)cc1. The third kappa shape index (κ3) is 4.26. The Hall–Kier alpha value is -3.17. The van der Waals surface area contributed by atoms with E-state index in [1.165, 1.54) is 34.9 Å². The van der Waals surface area contributed by atoms with E-state index < -0.39 is 0 Å². The molecule has 32 heavy (non-hydrogen) atoms. The van der Waals surface area contributed by atoms with Gasteiger partial charge in [-0.25, -0.2) is 0 Å². The molecule has 0 radical (unpaired) electrons. The molecule has 0 spiro atoms. The minimum Gasteiger partial charge on any atom is -0.469 e. The van der Waals surface area contributed by atoms with Crippen molar-refractivity contribution in [3.8, 4) is 0 Å². The third-order valence-corrected chi connectivity index (χ3v) is 6.89. The molecule has 3 atom stereocenters. The summed E-state index contributed by atoms with van der Waals surface area (Å²) in [5, 5.41) is 0. The first-order chi connectivity index (χ1) is 15.7. The predicted octanol–water partition coefficient (Wildman–Crippen LogP) is 5.65. The van der Waals surface area contributed by atoms with Crippen LogP contribution in [0.1, 0.15) is 40.5 Å². The number of ether oxygens (including phenoxy) is 1. The lowest BCUT2D eigenvalue weighted by Crippen LogP contribution is -2.27. The van der Waals surface area contributed by atoms with Crippen molar-refractivity contribution in [2.24, 2.45) is 5.92 Å². The van der Waals surface area contributed by atoms with Crippen molar-refractivity contribution in [1.82, 2.24) is 4.90 Å². The maximum atomic E-state index is 12.4. The quantitative estimate of drug-likeness (QED) is 0.480. The van der Waals surface area contributed by atoms with E-state index in [1.54, 1.807) is 0 Å². The summed E-state index contributed by atoms with van der Waals surface area (Å²) >= 11 is 0. The molecule has 162 valence electrons. The Morgan fingerprint density at radius 3 is 2.09 bits per heavy atom. The fourth-order valence-electron chi connectivity index (χ4n) is 5.12. The lowest BCUT2D eigenvalue weighted by Gasteiger charge is -2.26. The van der Waals surface area contributed by atoms with Gasteiger partial charge in [0, 0.05) is 31.5 Å². The number of benzene rings is 3. The van der Waals surface area contributed by atoms with E-state index in [0.717, 1.165) is 26.1 Å². The molecule has 0 bridgehead atoms. The molecule has 1 aliphatic carbocycles. The molecule has 0 amide bonds. The minimum absolute atomic E-state index is 0.0892. The van der Waals surface area contributed by atoms with Gasteiger partial charge >= 0.3 is 5.97 Å². The summed E-state index contributed by atoms with van der Waals surface area (Å²) in [4.78, 5) is 14.9. The van der Waals surface area contributed by atoms with Crippen LogP contribution in [0, 0.1) is 5.92 Å². The summed E-state index contributed by atoms with van der Waals surface area (Å²) in [7, 11) is 1.49. The topological polar surface area (TPSA) is 29.5 Å². The van der Waals surface area contributed by atoms with E-state index in [9.17, 15) is 4.79 Å². The van der Waals surface area contributed by atoms with E-state index in [4.69, 9.17) is 4.74 Å². The highest BCUT2D eigenvalue weighted by Gasteiger charge is 2.56. The molecule has 1 fully saturated rings. The number of hydrogen-bond acceptors (Lipinski definition) is 3. The van der Waals surface area contributed by atoms with Gasteiger partial charge < -0.3 is 4.74 Å². The van der Waals surface area contributed by atoms with Crippen LogP contribution in [0.3, 0.4) is 0 Å². The van der Waals surface area contributed by atoms with Gasteiger partial charge in [0.2, 0.25) is 0 Å². The molecule has 1 heterocycles. The number of nitrogens with zero attached hydrogens (tertiary/aromatic N) is 1. The predicted molar refractivity (Wildman–Crippen MR) is 128 cm³/mol. The average molecular weight is 424 g/mol. The van der Waals surface area contributed by atoms with Gasteiger partial charge in [-0.2, -0.15) is 0 Å². The molecule has 0 saturated heterocycles. The summed E-state index contributed by atoms with van der Waals surface area (Å²) in [6, 6.07) is 29.9. The second-order valence-corrected chi connectivity index (χ2v) is 8.83. The lowest BCUT2D eigenvalue weighted by molar-refractivity contribution is -0.142. The summed E-state index contributed by atoms with van der Waals surface area (Å²) in [6.45, 7) is 3.06. The van der Waals surface area contributed by atoms with Crippen molar-refractivity contribution in [3.63, 3.8) is 0 Å². The van der Waals surface area contributed by atoms with Crippen LogP contribution < -0.4 is 0 Å². The Bertz CT molecular complexity index is 1090. The van der Waals surface area contributed by atoms with E-state index in [0.29, 0.717) is 0 Å². The monoisotopic (exact) mass is 423 g/mol. The molecule has 3 heteroatoms. The number of carbonyl (C=O) groups is 1. The molecular formula is C29H29NO2. The summed E-state index contributed by atoms with van der Waals surface area (Å²) < 4.78 is 5.10. The van der Waals surface area contributed by atoms with Crippen LogP contribution in [0.25, 0.3) is 5.57 Å². The minimum atomic E-state index is -0.110. The van der Waals surface area contributed by atoms with Crippen LogP contribution in [-0.2, 0) is 16.1 Å². The van der Waals surface area contributed by atoms with Crippen LogP contribution in [0.2, 0.25) is 0 Å². The van der Waals surface area contributed by atoms with E-state index in [-0.39, 0.29) is 23.7 Å². The largest absolute Gasteiger partial charge is 0.469 e. The highest BCUT2D eigenvalue weighted by molar-refractivity contribution is 5.80. The Balaban J connectivity index is 1.27. The molecule has 2 aliphatic rings. The van der Waals surface area contributed by atoms with Gasteiger partial charge in [0.1, 0.15) is 0 Å². The molecule has 1 saturated carbocycles. The Kier molecular flexibility index (Phi) is 5.91. The van der Waals surface area contributed by atoms with Gasteiger partial charge in [-0.1, -0.05) is 91.0 Å². The molecule has 0 N–H and O–H groups in total. The summed E-state index contributed by atoms with van der Waals surface area (Å²) in [6.07, 6.45) is 3.43. The smallest absolute Gasteiger partial charge is 0.309 e. The fourth-order valence-corrected chi connectivity index (χ4v) is 5.12. The maximum absolute atomic E-state index is 12.4. The normalized spacial score (nSPS) is 22.8. The van der Waals surface area contributed by atoms with Crippen LogP contribution >= 0.6 is 0 Å². The molecule has 3 aromatic rings. The fraction of sp³-hybridized carbons (Fsp3) is 0.276. The zero-order valence-electron chi connectivity index (χ0n) is 18.5. The van der Waals surface area contributed by atoms with Gasteiger partial charge in [-0.15, -0.1) is 0 Å². The highest BCUT2D eigenvalue weighted by atomic mass is 16.5. The van der Waals surface area contributed by atoms with Crippen molar-refractivity contribution in [2.45, 2.75) is 24.8 Å². The van der Waals surface area contributed by atoms with Crippen LogP contribution in [0.4, 0.5) is 0 Å². The third-order valence-electron chi connectivity index (χ3n) is 6.89. The summed E-state index contributed by atoms with van der Waals surface area (Å²) in [5.41, 5.74) is 6.51. The zero-order valence-corrected chi connectivity index (χ0v) is 18.5. The van der Waals surface area contributed by atoms with Gasteiger partial charge in [0.15, 0.2) is 0 Å². The van der Waals surface area contributed by atoms with Gasteiger partial charge in [0.05, 0.1) is 13.0 Å². The van der Waals surface area contributed by atoms with E-state index in [1.807, 2.05) is 18.2 Å². The standard InChI is InChI=1S/C29H29NO2/c1-32-29(31)28-26(24-10-6-3-7-11-24)27(28)25-14-12-22(13-15-25)23-16-18-30(19-17-23)20-21-8-4-2-5-9-21/h2-16,26-28H,17-20H2,1H3. The number of esters is 1. The lowest BCUT2D eigenvalue weighted by atomic mass is 9.96. The Morgan fingerprint density at radius 1 is 0.875 bits per heavy atom. The van der Waals surface area contributed by atoms with Crippen molar-refractivity contribution >= 4 is 11.5 Å². The van der Waals surface area contributed by atoms with Crippen LogP contribution in [0.15, 0.2) is 91.0 Å². The zero-order chi connectivity index (χ0) is 21.9. The second-order valence-electron chi connectivity index (χ2n) is 8.83. The highest BCUT2D eigenvalue weighted by Crippen LogP contribution is 2.60. The van der Waals surface area contributed by atoms with Crippen LogP contribution in [0.5, 0.6) is 0 Å². The van der Waals surface area contributed by atoms with Crippen molar-refractivity contribution in [2.75, 3.05) is 20.2 Å². The maximum Gasteiger partial charge on any atom is 0.309 e. The second kappa shape index (κ2) is 9.13. The molecule has 0 aromatic heterocycles. The number of rotatable bonds is 6. The van der Waals surface area contributed by atoms with Crippen molar-refractivity contribution in [1.29, 1.82) is 0 Å². The average Bonchev–Trinajstić information content (AvgIpc) is 3.61. The van der Waals surface area contributed by atoms with Crippen molar-refractivity contribution in [3.05, 3.63) is 113 Å². The Labute approximate surface area is 190 Å². The first kappa shape index (κ1) is 20.7. The van der Waals surface area contributed by atoms with E-state index in [2.05, 4.69) is 77.7 Å².